The zero-order valence-corrected chi connectivity index (χ0v) is 10.4. The molecular weight excluding hydrogens is 250 g/mol. The molecule has 1 radical (unpaired) electrons. The highest BCUT2D eigenvalue weighted by atomic mass is 32.2. The Morgan fingerprint density at radius 3 is 2.50 bits per heavy atom. The highest BCUT2D eigenvalue weighted by Crippen LogP contribution is 2.22. The predicted molar refractivity (Wildman–Crippen MR) is 69.3 cm³/mol. The SMILES string of the molecule is [CH2]CC(=O)NS(=O)(=O)c1cccc2ccccc12. The van der Waals surface area contributed by atoms with Gasteiger partial charge in [0.15, 0.2) is 0 Å². The number of sulfonamides is 1. The molecule has 0 spiro atoms. The maximum atomic E-state index is 12.1. The lowest BCUT2D eigenvalue weighted by molar-refractivity contribution is -0.118. The van der Waals surface area contributed by atoms with Crippen molar-refractivity contribution in [2.24, 2.45) is 0 Å². The van der Waals surface area contributed by atoms with Crippen LogP contribution >= 0.6 is 0 Å². The second-order valence-electron chi connectivity index (χ2n) is 3.76. The monoisotopic (exact) mass is 262 g/mol. The number of carbonyl (C=O) groups is 1. The number of benzene rings is 2. The number of hydrogen-bond donors (Lipinski definition) is 1. The van der Waals surface area contributed by atoms with Gasteiger partial charge in [-0.3, -0.25) is 4.79 Å². The Morgan fingerprint density at radius 2 is 1.78 bits per heavy atom. The van der Waals surface area contributed by atoms with Crippen LogP contribution in [0.3, 0.4) is 0 Å². The fourth-order valence-electron chi connectivity index (χ4n) is 1.69. The van der Waals surface area contributed by atoms with E-state index in [-0.39, 0.29) is 11.3 Å². The molecule has 4 nitrogen and oxygen atoms in total. The fourth-order valence-corrected chi connectivity index (χ4v) is 2.93. The van der Waals surface area contributed by atoms with Gasteiger partial charge in [0.1, 0.15) is 0 Å². The van der Waals surface area contributed by atoms with Gasteiger partial charge in [0.05, 0.1) is 4.90 Å². The minimum Gasteiger partial charge on any atom is -0.274 e. The normalized spacial score (nSPS) is 11.4. The summed E-state index contributed by atoms with van der Waals surface area (Å²) in [6.45, 7) is 3.35. The molecule has 2 aromatic carbocycles. The largest absolute Gasteiger partial charge is 0.274 e. The zero-order valence-electron chi connectivity index (χ0n) is 9.59. The Labute approximate surface area is 106 Å². The molecular formula is C13H12NO3S. The van der Waals surface area contributed by atoms with Gasteiger partial charge in [0.25, 0.3) is 10.0 Å². The van der Waals surface area contributed by atoms with Crippen molar-refractivity contribution in [2.45, 2.75) is 11.3 Å². The highest BCUT2D eigenvalue weighted by molar-refractivity contribution is 7.90. The molecule has 0 aliphatic carbocycles. The van der Waals surface area contributed by atoms with E-state index in [4.69, 9.17) is 0 Å². The quantitative estimate of drug-likeness (QED) is 0.918. The van der Waals surface area contributed by atoms with Crippen LogP contribution < -0.4 is 4.72 Å². The third-order valence-corrected chi connectivity index (χ3v) is 3.95. The number of nitrogens with one attached hydrogen (secondary N) is 1. The number of amides is 1. The van der Waals surface area contributed by atoms with Crippen molar-refractivity contribution < 1.29 is 13.2 Å². The van der Waals surface area contributed by atoms with Gasteiger partial charge < -0.3 is 0 Å². The van der Waals surface area contributed by atoms with Crippen molar-refractivity contribution in [1.82, 2.24) is 4.72 Å². The molecule has 1 amide bonds. The fraction of sp³-hybridized carbons (Fsp3) is 0.0769. The maximum Gasteiger partial charge on any atom is 0.264 e. The topological polar surface area (TPSA) is 63.2 Å². The molecule has 0 aliphatic rings. The van der Waals surface area contributed by atoms with Crippen LogP contribution in [0.25, 0.3) is 10.8 Å². The van der Waals surface area contributed by atoms with Crippen molar-refractivity contribution in [3.8, 4) is 0 Å². The van der Waals surface area contributed by atoms with Crippen molar-refractivity contribution in [1.29, 1.82) is 0 Å². The zero-order chi connectivity index (χ0) is 13.2. The van der Waals surface area contributed by atoms with Crippen LogP contribution in [0.2, 0.25) is 0 Å². The Hall–Kier alpha value is -1.88. The van der Waals surface area contributed by atoms with Gasteiger partial charge in [0.2, 0.25) is 5.91 Å². The van der Waals surface area contributed by atoms with Gasteiger partial charge >= 0.3 is 0 Å². The van der Waals surface area contributed by atoms with Gasteiger partial charge in [-0.15, -0.1) is 0 Å². The van der Waals surface area contributed by atoms with E-state index in [2.05, 4.69) is 6.92 Å². The van der Waals surface area contributed by atoms with Crippen LogP contribution in [0.15, 0.2) is 47.4 Å². The molecule has 5 heteroatoms. The molecule has 0 aliphatic heterocycles. The molecule has 18 heavy (non-hydrogen) atoms. The first-order valence-corrected chi connectivity index (χ1v) is 6.85. The molecule has 2 aromatic rings. The van der Waals surface area contributed by atoms with Crippen LogP contribution in [0.4, 0.5) is 0 Å². The summed E-state index contributed by atoms with van der Waals surface area (Å²) >= 11 is 0. The molecule has 0 atom stereocenters. The molecule has 0 heterocycles. The van der Waals surface area contributed by atoms with Crippen LogP contribution in [0, 0.1) is 6.92 Å². The second kappa shape index (κ2) is 4.78. The van der Waals surface area contributed by atoms with Crippen molar-refractivity contribution in [2.75, 3.05) is 0 Å². The first kappa shape index (κ1) is 12.6. The van der Waals surface area contributed by atoms with Crippen LogP contribution in [0.1, 0.15) is 6.42 Å². The van der Waals surface area contributed by atoms with Crippen molar-refractivity contribution >= 4 is 26.7 Å². The average Bonchev–Trinajstić information content (AvgIpc) is 2.37. The highest BCUT2D eigenvalue weighted by Gasteiger charge is 2.18. The molecule has 93 valence electrons. The van der Waals surface area contributed by atoms with E-state index in [1.807, 2.05) is 22.9 Å². The van der Waals surface area contributed by atoms with E-state index in [0.717, 1.165) is 5.39 Å². The average molecular weight is 262 g/mol. The molecule has 0 unspecified atom stereocenters. The minimum atomic E-state index is -3.84. The van der Waals surface area contributed by atoms with Gasteiger partial charge in [-0.2, -0.15) is 0 Å². The van der Waals surface area contributed by atoms with E-state index in [9.17, 15) is 13.2 Å². The molecule has 0 saturated heterocycles. The standard InChI is InChI=1S/C13H12NO3S/c1-2-13(15)14-18(16,17)12-9-5-7-10-6-3-4-8-11(10)12/h3-9H,1-2H2,(H,14,15). The first-order valence-electron chi connectivity index (χ1n) is 5.37. The van der Waals surface area contributed by atoms with E-state index in [0.29, 0.717) is 5.39 Å². The summed E-state index contributed by atoms with van der Waals surface area (Å²) in [6, 6.07) is 12.0. The van der Waals surface area contributed by atoms with Crippen LogP contribution in [-0.2, 0) is 14.8 Å². The third kappa shape index (κ3) is 2.36. The summed E-state index contributed by atoms with van der Waals surface area (Å²) in [5, 5.41) is 1.40. The van der Waals surface area contributed by atoms with E-state index in [1.54, 1.807) is 18.2 Å². The summed E-state index contributed by atoms with van der Waals surface area (Å²) in [5.41, 5.74) is 0. The summed E-state index contributed by atoms with van der Waals surface area (Å²) < 4.78 is 26.1. The lowest BCUT2D eigenvalue weighted by atomic mass is 10.1. The summed E-state index contributed by atoms with van der Waals surface area (Å²) in [4.78, 5) is 11.3. The van der Waals surface area contributed by atoms with E-state index in [1.165, 1.54) is 6.07 Å². The Balaban J connectivity index is 2.57. The van der Waals surface area contributed by atoms with Gasteiger partial charge in [-0.1, -0.05) is 36.4 Å². The maximum absolute atomic E-state index is 12.1. The predicted octanol–water partition coefficient (Wildman–Crippen LogP) is 1.87. The Morgan fingerprint density at radius 1 is 1.11 bits per heavy atom. The van der Waals surface area contributed by atoms with E-state index < -0.39 is 15.9 Å². The van der Waals surface area contributed by atoms with Gasteiger partial charge in [0, 0.05) is 11.8 Å². The molecule has 1 N–H and O–H groups in total. The van der Waals surface area contributed by atoms with Crippen LogP contribution in [-0.4, -0.2) is 14.3 Å². The summed E-state index contributed by atoms with van der Waals surface area (Å²) in [6.07, 6.45) is -0.121. The van der Waals surface area contributed by atoms with E-state index >= 15 is 0 Å². The molecule has 0 fully saturated rings. The lowest BCUT2D eigenvalue weighted by Crippen LogP contribution is -2.29. The molecule has 0 bridgehead atoms. The van der Waals surface area contributed by atoms with Crippen molar-refractivity contribution in [3.05, 3.63) is 49.4 Å². The molecule has 0 saturated carbocycles. The smallest absolute Gasteiger partial charge is 0.264 e. The lowest BCUT2D eigenvalue weighted by Gasteiger charge is -2.08. The number of rotatable bonds is 3. The second-order valence-corrected chi connectivity index (χ2v) is 5.41. The number of hydrogen-bond acceptors (Lipinski definition) is 3. The third-order valence-electron chi connectivity index (χ3n) is 2.51. The number of fused-ring (bicyclic) bond motifs is 1. The minimum absolute atomic E-state index is 0.0994. The van der Waals surface area contributed by atoms with Gasteiger partial charge in [-0.25, -0.2) is 13.1 Å². The van der Waals surface area contributed by atoms with Crippen molar-refractivity contribution in [3.63, 3.8) is 0 Å². The summed E-state index contributed by atoms with van der Waals surface area (Å²) in [5.74, 6) is -0.622. The van der Waals surface area contributed by atoms with Crippen LogP contribution in [0.5, 0.6) is 0 Å². The first-order chi connectivity index (χ1) is 8.54. The van der Waals surface area contributed by atoms with Gasteiger partial charge in [-0.05, 0) is 18.4 Å². The number of carbonyl (C=O) groups excluding carboxylic acids is 1. The molecule has 2 rings (SSSR count). The Bertz CT molecular complexity index is 687. The molecule has 0 aromatic heterocycles. The Kier molecular flexibility index (Phi) is 3.34. The summed E-state index contributed by atoms with van der Waals surface area (Å²) in [7, 11) is -3.84.